The molecule has 0 saturated heterocycles. The number of rotatable bonds is 10. The third-order valence-electron chi connectivity index (χ3n) is 2.14. The zero-order valence-corrected chi connectivity index (χ0v) is 11.1. The van der Waals surface area contributed by atoms with Crippen LogP contribution in [0, 0.1) is 0 Å². The fourth-order valence-electron chi connectivity index (χ4n) is 1.29. The molecule has 0 aromatic carbocycles. The van der Waals surface area contributed by atoms with Gasteiger partial charge in [-0.1, -0.05) is 0 Å². The first-order valence-corrected chi connectivity index (χ1v) is 5.87. The average Bonchev–Trinajstić information content (AvgIpc) is 2.25. The lowest BCUT2D eigenvalue weighted by molar-refractivity contribution is -0.281. The smallest absolute Gasteiger partial charge is 0.346 e. The normalized spacial score (nSPS) is 16.5. The zero-order chi connectivity index (χ0) is 14.9. The van der Waals surface area contributed by atoms with Crippen molar-refractivity contribution in [3.8, 4) is 0 Å². The van der Waals surface area contributed by atoms with Crippen LogP contribution >= 0.6 is 0 Å². The highest BCUT2D eigenvalue weighted by molar-refractivity contribution is 4.60. The Morgan fingerprint density at radius 3 is 2.42 bits per heavy atom. The van der Waals surface area contributed by atoms with Gasteiger partial charge in [-0.3, -0.25) is 0 Å². The number of aliphatic hydroxyl groups is 1. The van der Waals surface area contributed by atoms with Crippen molar-refractivity contribution < 1.29 is 28.1 Å². The van der Waals surface area contributed by atoms with E-state index in [1.165, 1.54) is 6.92 Å². The van der Waals surface area contributed by atoms with Crippen molar-refractivity contribution in [2.45, 2.75) is 58.5 Å². The molecule has 112 valence electrons. The number of alkyl halides is 2. The number of hydrogen-bond donors (Lipinski definition) is 1. The highest BCUT2D eigenvalue weighted by atomic mass is 19.3. The molecule has 0 aliphatic heterocycles. The summed E-state index contributed by atoms with van der Waals surface area (Å²) in [5.74, 6) is 0. The molecule has 3 unspecified atom stereocenters. The maximum Gasteiger partial charge on any atom is 0.437 e. The highest BCUT2D eigenvalue weighted by Crippen LogP contribution is 2.22. The Hall–Kier alpha value is -0.990. The molecule has 0 fully saturated rings. The van der Waals surface area contributed by atoms with Crippen molar-refractivity contribution in [2.75, 3.05) is 6.61 Å². The SMILES string of the molecule is CCOC(O)OC(C)CCC(C)OC(F)(F)N=[N+]=[N-]. The van der Waals surface area contributed by atoms with Crippen LogP contribution in [0.3, 0.4) is 0 Å². The lowest BCUT2D eigenvalue weighted by atomic mass is 10.1. The largest absolute Gasteiger partial charge is 0.437 e. The highest BCUT2D eigenvalue weighted by Gasteiger charge is 2.30. The topological polar surface area (TPSA) is 96.7 Å². The first-order chi connectivity index (χ1) is 8.80. The number of aliphatic hydroxyl groups excluding tert-OH is 1. The molecular weight excluding hydrogens is 264 g/mol. The van der Waals surface area contributed by atoms with Crippen LogP contribution in [0.2, 0.25) is 0 Å². The van der Waals surface area contributed by atoms with Crippen LogP contribution in [0.1, 0.15) is 33.6 Å². The van der Waals surface area contributed by atoms with Crippen LogP contribution in [-0.2, 0) is 14.2 Å². The number of hydrogen-bond acceptors (Lipinski definition) is 5. The lowest BCUT2D eigenvalue weighted by Gasteiger charge is -2.21. The van der Waals surface area contributed by atoms with Crippen LogP contribution in [0.15, 0.2) is 5.11 Å². The number of azide groups is 1. The van der Waals surface area contributed by atoms with Gasteiger partial charge in [0, 0.05) is 16.6 Å². The van der Waals surface area contributed by atoms with E-state index in [4.69, 9.17) is 15.0 Å². The Balaban J connectivity index is 3.95. The van der Waals surface area contributed by atoms with Gasteiger partial charge in [0.1, 0.15) is 0 Å². The van der Waals surface area contributed by atoms with E-state index in [1.807, 2.05) is 4.91 Å². The molecule has 0 saturated carbocycles. The van der Waals surface area contributed by atoms with E-state index >= 15 is 0 Å². The average molecular weight is 283 g/mol. The Kier molecular flexibility index (Phi) is 8.53. The monoisotopic (exact) mass is 283 g/mol. The summed E-state index contributed by atoms with van der Waals surface area (Å²) in [7, 11) is 0. The maximum atomic E-state index is 12.8. The molecule has 0 bridgehead atoms. The van der Waals surface area contributed by atoms with E-state index < -0.39 is 18.8 Å². The third-order valence-corrected chi connectivity index (χ3v) is 2.14. The molecule has 0 heterocycles. The minimum atomic E-state index is -3.86. The third kappa shape index (κ3) is 9.57. The van der Waals surface area contributed by atoms with Crippen molar-refractivity contribution >= 4 is 0 Å². The molecule has 19 heavy (non-hydrogen) atoms. The minimum Gasteiger partial charge on any atom is -0.346 e. The second-order valence-electron chi connectivity index (χ2n) is 3.89. The first-order valence-electron chi connectivity index (χ1n) is 5.87. The van der Waals surface area contributed by atoms with Crippen LogP contribution < -0.4 is 0 Å². The van der Waals surface area contributed by atoms with Crippen molar-refractivity contribution in [1.82, 2.24) is 0 Å². The Morgan fingerprint density at radius 1 is 1.32 bits per heavy atom. The van der Waals surface area contributed by atoms with Crippen molar-refractivity contribution in [1.29, 1.82) is 0 Å². The van der Waals surface area contributed by atoms with Crippen LogP contribution in [0.5, 0.6) is 0 Å². The molecule has 0 amide bonds. The van der Waals surface area contributed by atoms with Gasteiger partial charge in [0.25, 0.3) is 6.48 Å². The first kappa shape index (κ1) is 18.0. The summed E-state index contributed by atoms with van der Waals surface area (Å²) < 4.78 is 39.6. The van der Waals surface area contributed by atoms with Gasteiger partial charge in [-0.05, 0) is 39.1 Å². The summed E-state index contributed by atoms with van der Waals surface area (Å²) in [5.41, 5.74) is 7.92. The van der Waals surface area contributed by atoms with E-state index in [0.717, 1.165) is 0 Å². The lowest BCUT2D eigenvalue weighted by Crippen LogP contribution is -2.26. The second kappa shape index (κ2) is 9.00. The second-order valence-corrected chi connectivity index (χ2v) is 3.89. The van der Waals surface area contributed by atoms with Gasteiger partial charge in [-0.2, -0.15) is 8.78 Å². The quantitative estimate of drug-likeness (QED) is 0.219. The minimum absolute atomic E-state index is 0.247. The number of ether oxygens (including phenoxy) is 3. The van der Waals surface area contributed by atoms with Gasteiger partial charge >= 0.3 is 6.23 Å². The molecule has 3 atom stereocenters. The fourth-order valence-corrected chi connectivity index (χ4v) is 1.29. The van der Waals surface area contributed by atoms with Gasteiger partial charge in [-0.15, -0.1) is 0 Å². The van der Waals surface area contributed by atoms with Crippen LogP contribution in [0.4, 0.5) is 8.78 Å². The summed E-state index contributed by atoms with van der Waals surface area (Å²) in [6.07, 6.45) is -4.45. The Bertz CT molecular complexity index is 300. The standard InChI is InChI=1S/C10H19F2N3O4/c1-4-17-9(16)18-7(2)5-6-8(3)19-10(11,12)14-15-13/h7-9,16H,4-6H2,1-3H3. The van der Waals surface area contributed by atoms with E-state index in [2.05, 4.69) is 9.85 Å². The van der Waals surface area contributed by atoms with Crippen molar-refractivity contribution in [3.05, 3.63) is 10.4 Å². The van der Waals surface area contributed by atoms with Crippen LogP contribution in [0.25, 0.3) is 10.4 Å². The van der Waals surface area contributed by atoms with Gasteiger partial charge < -0.3 is 19.3 Å². The summed E-state index contributed by atoms with van der Waals surface area (Å²) in [4.78, 5) is 1.99. The summed E-state index contributed by atoms with van der Waals surface area (Å²) in [6, 6.07) is 0. The maximum absolute atomic E-state index is 12.8. The van der Waals surface area contributed by atoms with E-state index in [9.17, 15) is 13.9 Å². The predicted molar refractivity (Wildman–Crippen MR) is 62.1 cm³/mol. The Labute approximate surface area is 110 Å². The van der Waals surface area contributed by atoms with Crippen molar-refractivity contribution in [3.63, 3.8) is 0 Å². The summed E-state index contributed by atoms with van der Waals surface area (Å²) >= 11 is 0. The molecule has 0 aromatic heterocycles. The number of halogens is 2. The predicted octanol–water partition coefficient (Wildman–Crippen LogP) is 2.75. The van der Waals surface area contributed by atoms with Crippen LogP contribution in [-0.4, -0.2) is 36.6 Å². The molecular formula is C10H19F2N3O4. The van der Waals surface area contributed by atoms with E-state index in [1.54, 1.807) is 13.8 Å². The Morgan fingerprint density at radius 2 is 1.89 bits per heavy atom. The molecule has 7 nitrogen and oxygen atoms in total. The van der Waals surface area contributed by atoms with Gasteiger partial charge in [0.2, 0.25) is 0 Å². The molecule has 0 aromatic rings. The van der Waals surface area contributed by atoms with Gasteiger partial charge in [0.15, 0.2) is 0 Å². The molecule has 0 aliphatic rings. The summed E-state index contributed by atoms with van der Waals surface area (Å²) in [5, 5.41) is 11.4. The molecule has 0 rings (SSSR count). The zero-order valence-electron chi connectivity index (χ0n) is 11.1. The van der Waals surface area contributed by atoms with E-state index in [-0.39, 0.29) is 12.5 Å². The molecule has 0 aliphatic carbocycles. The molecule has 9 heteroatoms. The van der Waals surface area contributed by atoms with E-state index in [0.29, 0.717) is 13.0 Å². The number of nitrogens with zero attached hydrogens (tertiary/aromatic N) is 3. The molecule has 0 spiro atoms. The molecule has 0 radical (unpaired) electrons. The molecule has 1 N–H and O–H groups in total. The van der Waals surface area contributed by atoms with Gasteiger partial charge in [0.05, 0.1) is 12.2 Å². The summed E-state index contributed by atoms with van der Waals surface area (Å²) in [6.45, 7) is 3.75. The van der Waals surface area contributed by atoms with Crippen molar-refractivity contribution in [2.24, 2.45) is 5.11 Å². The van der Waals surface area contributed by atoms with Gasteiger partial charge in [-0.25, -0.2) is 0 Å². The fraction of sp³-hybridized carbons (Fsp3) is 1.00.